The lowest BCUT2D eigenvalue weighted by atomic mass is 10.1. The molecule has 7 nitrogen and oxygen atoms in total. The van der Waals surface area contributed by atoms with Crippen molar-refractivity contribution in [2.45, 2.75) is 25.8 Å². The van der Waals surface area contributed by atoms with E-state index in [1.165, 1.54) is 5.69 Å². The summed E-state index contributed by atoms with van der Waals surface area (Å²) in [5.74, 6) is 1.46. The number of anilines is 1. The van der Waals surface area contributed by atoms with Gasteiger partial charge in [-0.15, -0.1) is 24.0 Å². The van der Waals surface area contributed by atoms with Crippen LogP contribution < -0.4 is 15.5 Å². The number of para-hydroxylation sites is 1. The second-order valence-electron chi connectivity index (χ2n) is 8.25. The number of hydrogen-bond donors (Lipinski definition) is 2. The van der Waals surface area contributed by atoms with Crippen molar-refractivity contribution in [3.63, 3.8) is 0 Å². The first-order valence-electron chi connectivity index (χ1n) is 11.4. The molecule has 2 N–H and O–H groups in total. The molecule has 176 valence electrons. The Morgan fingerprint density at radius 2 is 1.97 bits per heavy atom. The topological polar surface area (TPSA) is 61.4 Å². The van der Waals surface area contributed by atoms with Crippen LogP contribution in [0.4, 0.5) is 5.69 Å². The summed E-state index contributed by atoms with van der Waals surface area (Å²) >= 11 is 0. The Bertz CT molecular complexity index is 620. The third-order valence-electron chi connectivity index (χ3n) is 5.98. The molecule has 31 heavy (non-hydrogen) atoms. The van der Waals surface area contributed by atoms with E-state index in [0.717, 1.165) is 84.5 Å². The van der Waals surface area contributed by atoms with Crippen molar-refractivity contribution in [2.24, 2.45) is 10.9 Å². The molecule has 0 saturated carbocycles. The number of guanidine groups is 1. The Hall–Kier alpha value is -1.10. The highest BCUT2D eigenvalue weighted by Crippen LogP contribution is 2.16. The summed E-state index contributed by atoms with van der Waals surface area (Å²) in [5.41, 5.74) is 1.33. The van der Waals surface area contributed by atoms with E-state index >= 15 is 0 Å². The second kappa shape index (κ2) is 14.9. The largest absolute Gasteiger partial charge is 0.381 e. The van der Waals surface area contributed by atoms with Crippen LogP contribution in [0.2, 0.25) is 0 Å². The normalized spacial score (nSPS) is 20.9. The fourth-order valence-electron chi connectivity index (χ4n) is 4.00. The molecule has 2 unspecified atom stereocenters. The maximum atomic E-state index is 5.76. The fourth-order valence-corrected chi connectivity index (χ4v) is 4.00. The highest BCUT2D eigenvalue weighted by atomic mass is 127. The first-order valence-corrected chi connectivity index (χ1v) is 11.4. The fraction of sp³-hybridized carbons (Fsp3) is 0.696. The third-order valence-corrected chi connectivity index (χ3v) is 5.98. The average molecular weight is 546 g/mol. The molecule has 0 spiro atoms. The maximum absolute atomic E-state index is 5.76. The molecule has 1 aromatic rings. The minimum Gasteiger partial charge on any atom is -0.381 e. The van der Waals surface area contributed by atoms with Crippen molar-refractivity contribution in [3.8, 4) is 0 Å². The Morgan fingerprint density at radius 1 is 1.19 bits per heavy atom. The molecule has 2 atom stereocenters. The minimum atomic E-state index is 0. The molecule has 2 heterocycles. The van der Waals surface area contributed by atoms with Crippen molar-refractivity contribution in [2.75, 3.05) is 77.6 Å². The first-order chi connectivity index (χ1) is 14.8. The van der Waals surface area contributed by atoms with E-state index in [1.54, 1.807) is 0 Å². The number of piperazine rings is 1. The molecule has 2 saturated heterocycles. The van der Waals surface area contributed by atoms with Crippen molar-refractivity contribution in [1.82, 2.24) is 15.5 Å². The minimum absolute atomic E-state index is 0. The third kappa shape index (κ3) is 9.11. The second-order valence-corrected chi connectivity index (χ2v) is 8.25. The number of nitrogens with zero attached hydrogens (tertiary/aromatic N) is 3. The molecule has 2 aliphatic rings. The van der Waals surface area contributed by atoms with Gasteiger partial charge in [-0.3, -0.25) is 9.89 Å². The van der Waals surface area contributed by atoms with E-state index in [9.17, 15) is 0 Å². The van der Waals surface area contributed by atoms with Crippen LogP contribution in [0.1, 0.15) is 19.8 Å². The summed E-state index contributed by atoms with van der Waals surface area (Å²) in [7, 11) is 1.83. The zero-order valence-corrected chi connectivity index (χ0v) is 21.4. The molecule has 0 aromatic heterocycles. The lowest BCUT2D eigenvalue weighted by Crippen LogP contribution is -2.53. The maximum Gasteiger partial charge on any atom is 0.191 e. The van der Waals surface area contributed by atoms with Crippen molar-refractivity contribution < 1.29 is 9.47 Å². The van der Waals surface area contributed by atoms with Crippen molar-refractivity contribution in [3.05, 3.63) is 30.3 Å². The van der Waals surface area contributed by atoms with Crippen LogP contribution in [0.3, 0.4) is 0 Å². The van der Waals surface area contributed by atoms with Crippen LogP contribution in [0.5, 0.6) is 0 Å². The predicted octanol–water partition coefficient (Wildman–Crippen LogP) is 2.42. The van der Waals surface area contributed by atoms with E-state index in [0.29, 0.717) is 12.0 Å². The Kier molecular flexibility index (Phi) is 12.5. The van der Waals surface area contributed by atoms with Gasteiger partial charge in [-0.2, -0.15) is 0 Å². The molecule has 2 fully saturated rings. The number of rotatable bonds is 10. The number of benzene rings is 1. The van der Waals surface area contributed by atoms with Crippen LogP contribution >= 0.6 is 24.0 Å². The average Bonchev–Trinajstić information content (AvgIpc) is 3.32. The summed E-state index contributed by atoms with van der Waals surface area (Å²) < 4.78 is 11.1. The summed E-state index contributed by atoms with van der Waals surface area (Å²) in [6, 6.07) is 11.2. The van der Waals surface area contributed by atoms with Crippen LogP contribution in [0.15, 0.2) is 35.3 Å². The van der Waals surface area contributed by atoms with Gasteiger partial charge in [0.1, 0.15) is 0 Å². The molecule has 2 aliphatic heterocycles. The first kappa shape index (κ1) is 26.2. The quantitative estimate of drug-likeness (QED) is 0.204. The molecule has 0 amide bonds. The van der Waals surface area contributed by atoms with Gasteiger partial charge >= 0.3 is 0 Å². The zero-order valence-electron chi connectivity index (χ0n) is 19.1. The summed E-state index contributed by atoms with van der Waals surface area (Å²) in [6.07, 6.45) is 2.11. The van der Waals surface area contributed by atoms with Gasteiger partial charge in [-0.1, -0.05) is 18.2 Å². The van der Waals surface area contributed by atoms with Gasteiger partial charge in [0.2, 0.25) is 0 Å². The molecule has 8 heteroatoms. The summed E-state index contributed by atoms with van der Waals surface area (Å²) in [5, 5.41) is 6.86. The van der Waals surface area contributed by atoms with Gasteiger partial charge in [0.25, 0.3) is 0 Å². The molecule has 3 rings (SSSR count). The standard InChI is InChI=1S/C23H39N5O2.HI/c1-20(27-11-13-28(14-12-27)22-7-4-3-5-8-22)17-26-23(24-2)25-10-6-15-29-18-21-9-16-30-19-21;/h3-5,7-8,20-21H,6,9-19H2,1-2H3,(H2,24,25,26);1H. The predicted molar refractivity (Wildman–Crippen MR) is 139 cm³/mol. The highest BCUT2D eigenvalue weighted by molar-refractivity contribution is 14.0. The molecule has 0 aliphatic carbocycles. The molecule has 0 radical (unpaired) electrons. The van der Waals surface area contributed by atoms with Crippen LogP contribution in [0, 0.1) is 5.92 Å². The highest BCUT2D eigenvalue weighted by Gasteiger charge is 2.21. The van der Waals surface area contributed by atoms with Gasteiger partial charge in [0.05, 0.1) is 13.2 Å². The van der Waals surface area contributed by atoms with Gasteiger partial charge in [0, 0.05) is 77.2 Å². The van der Waals surface area contributed by atoms with Gasteiger partial charge < -0.3 is 25.0 Å². The zero-order chi connectivity index (χ0) is 21.0. The van der Waals surface area contributed by atoms with E-state index in [2.05, 4.69) is 62.7 Å². The monoisotopic (exact) mass is 545 g/mol. The SMILES string of the molecule is CN=C(NCCCOCC1CCOC1)NCC(C)N1CCN(c2ccccc2)CC1.I. The van der Waals surface area contributed by atoms with Crippen LogP contribution in [-0.4, -0.2) is 89.6 Å². The number of ether oxygens (including phenoxy) is 2. The smallest absolute Gasteiger partial charge is 0.191 e. The van der Waals surface area contributed by atoms with Crippen molar-refractivity contribution >= 4 is 35.6 Å². The number of nitrogens with one attached hydrogen (secondary N) is 2. The summed E-state index contributed by atoms with van der Waals surface area (Å²) in [6.45, 7) is 11.7. The van der Waals surface area contributed by atoms with E-state index in [4.69, 9.17) is 9.47 Å². The van der Waals surface area contributed by atoms with Gasteiger partial charge in [-0.25, -0.2) is 0 Å². The lowest BCUT2D eigenvalue weighted by molar-refractivity contribution is 0.0888. The molecular weight excluding hydrogens is 505 g/mol. The number of aliphatic imine (C=N–C) groups is 1. The van der Waals surface area contributed by atoms with Crippen LogP contribution in [0.25, 0.3) is 0 Å². The molecular formula is C23H40IN5O2. The van der Waals surface area contributed by atoms with Gasteiger partial charge in [0.15, 0.2) is 5.96 Å². The summed E-state index contributed by atoms with van der Waals surface area (Å²) in [4.78, 5) is 9.38. The number of halogens is 1. The number of hydrogen-bond acceptors (Lipinski definition) is 5. The van der Waals surface area contributed by atoms with Gasteiger partial charge in [-0.05, 0) is 31.9 Å². The molecule has 1 aromatic carbocycles. The Morgan fingerprint density at radius 3 is 2.65 bits per heavy atom. The van der Waals surface area contributed by atoms with Crippen LogP contribution in [-0.2, 0) is 9.47 Å². The van der Waals surface area contributed by atoms with E-state index < -0.39 is 0 Å². The van der Waals surface area contributed by atoms with E-state index in [1.807, 2.05) is 7.05 Å². The van der Waals surface area contributed by atoms with Crippen molar-refractivity contribution in [1.29, 1.82) is 0 Å². The molecule has 0 bridgehead atoms. The van der Waals surface area contributed by atoms with E-state index in [-0.39, 0.29) is 24.0 Å². The lowest BCUT2D eigenvalue weighted by Gasteiger charge is -2.39. The Labute approximate surface area is 205 Å². The Balaban J connectivity index is 0.00000341.